The summed E-state index contributed by atoms with van der Waals surface area (Å²) in [6.45, 7) is 7.48. The number of carbonyl (C=O) groups is 1. The predicted molar refractivity (Wildman–Crippen MR) is 95.5 cm³/mol. The number of hydrogen-bond donors (Lipinski definition) is 0. The molecule has 3 rings (SSSR count). The lowest BCUT2D eigenvalue weighted by molar-refractivity contribution is 0.104. The van der Waals surface area contributed by atoms with Crippen molar-refractivity contribution in [1.29, 1.82) is 0 Å². The third kappa shape index (κ3) is 3.43. The van der Waals surface area contributed by atoms with E-state index >= 15 is 0 Å². The monoisotopic (exact) mass is 305 g/mol. The Morgan fingerprint density at radius 2 is 1.70 bits per heavy atom. The van der Waals surface area contributed by atoms with Gasteiger partial charge in [0.15, 0.2) is 5.78 Å². The average molecular weight is 305 g/mol. The Kier molecular flexibility index (Phi) is 4.73. The normalized spacial score (nSPS) is 15.4. The Bertz CT molecular complexity index is 724. The van der Waals surface area contributed by atoms with Gasteiger partial charge in [0.2, 0.25) is 0 Å². The van der Waals surface area contributed by atoms with Crippen LogP contribution in [0, 0.1) is 0 Å². The van der Waals surface area contributed by atoms with Gasteiger partial charge in [0.1, 0.15) is 0 Å². The van der Waals surface area contributed by atoms with Gasteiger partial charge >= 0.3 is 0 Å². The highest BCUT2D eigenvalue weighted by Gasteiger charge is 2.23. The van der Waals surface area contributed by atoms with Crippen LogP contribution in [-0.4, -0.2) is 23.8 Å². The number of ketones is 1. The maximum absolute atomic E-state index is 12.4. The van der Waals surface area contributed by atoms with Crippen LogP contribution < -0.4 is 0 Å². The van der Waals surface area contributed by atoms with E-state index in [1.54, 1.807) is 0 Å². The Labute approximate surface area is 138 Å². The van der Waals surface area contributed by atoms with Gasteiger partial charge in [-0.2, -0.15) is 0 Å². The zero-order valence-corrected chi connectivity index (χ0v) is 13.9. The molecule has 0 saturated carbocycles. The van der Waals surface area contributed by atoms with Crippen molar-refractivity contribution in [3.8, 4) is 0 Å². The van der Waals surface area contributed by atoms with Gasteiger partial charge in [0, 0.05) is 24.1 Å². The third-order valence-corrected chi connectivity index (χ3v) is 4.56. The molecule has 0 bridgehead atoms. The van der Waals surface area contributed by atoms with E-state index in [0.29, 0.717) is 0 Å². The van der Waals surface area contributed by atoms with Crippen LogP contribution in [0.4, 0.5) is 0 Å². The van der Waals surface area contributed by atoms with Gasteiger partial charge in [-0.25, -0.2) is 0 Å². The first-order chi connectivity index (χ1) is 11.2. The zero-order chi connectivity index (χ0) is 16.2. The van der Waals surface area contributed by atoms with Crippen molar-refractivity contribution in [3.05, 3.63) is 76.4 Å². The molecule has 0 spiro atoms. The fourth-order valence-corrected chi connectivity index (χ4v) is 3.10. The molecule has 0 heterocycles. The van der Waals surface area contributed by atoms with Crippen LogP contribution in [0.15, 0.2) is 54.1 Å². The van der Waals surface area contributed by atoms with E-state index < -0.39 is 0 Å². The van der Waals surface area contributed by atoms with Gasteiger partial charge in [0.25, 0.3) is 0 Å². The van der Waals surface area contributed by atoms with Gasteiger partial charge in [-0.1, -0.05) is 62.4 Å². The third-order valence-electron chi connectivity index (χ3n) is 4.56. The largest absolute Gasteiger partial charge is 0.300 e. The fraction of sp³-hybridized carbons (Fsp3) is 0.286. The quantitative estimate of drug-likeness (QED) is 0.765. The molecule has 2 nitrogen and oxygen atoms in total. The maximum Gasteiger partial charge on any atom is 0.189 e. The topological polar surface area (TPSA) is 20.3 Å². The number of allylic oxidation sites excluding steroid dienone is 1. The van der Waals surface area contributed by atoms with Crippen LogP contribution in [0.2, 0.25) is 0 Å². The van der Waals surface area contributed by atoms with E-state index in [1.807, 2.05) is 30.3 Å². The molecule has 2 aromatic carbocycles. The van der Waals surface area contributed by atoms with Gasteiger partial charge < -0.3 is 0 Å². The lowest BCUT2D eigenvalue weighted by Crippen LogP contribution is -2.21. The number of carbonyl (C=O) groups excluding carboxylic acids is 1. The Morgan fingerprint density at radius 3 is 2.35 bits per heavy atom. The Balaban J connectivity index is 1.75. The highest BCUT2D eigenvalue weighted by Crippen LogP contribution is 2.27. The van der Waals surface area contributed by atoms with E-state index in [0.717, 1.165) is 48.3 Å². The molecule has 0 N–H and O–H groups in total. The summed E-state index contributed by atoms with van der Waals surface area (Å²) in [6.07, 6.45) is 2.78. The van der Waals surface area contributed by atoms with E-state index in [1.165, 1.54) is 5.56 Å². The summed E-state index contributed by atoms with van der Waals surface area (Å²) in [4.78, 5) is 14.8. The Morgan fingerprint density at radius 1 is 1.00 bits per heavy atom. The highest BCUT2D eigenvalue weighted by atomic mass is 16.1. The van der Waals surface area contributed by atoms with Crippen LogP contribution >= 0.6 is 0 Å². The standard InChI is InChI=1S/C21H23NO/c1-3-22(4-2)15-17-11-9-16(10-12-17)13-19-14-18-7-5-6-8-20(18)21(19)23/h5-13H,3-4,14-15H2,1-2H3. The second-order valence-corrected chi connectivity index (χ2v) is 6.04. The summed E-state index contributed by atoms with van der Waals surface area (Å²) < 4.78 is 0. The van der Waals surface area contributed by atoms with Crippen LogP contribution in [0.3, 0.4) is 0 Å². The summed E-state index contributed by atoms with van der Waals surface area (Å²) in [7, 11) is 0. The first kappa shape index (κ1) is 15.7. The first-order valence-corrected chi connectivity index (χ1v) is 8.35. The molecule has 118 valence electrons. The summed E-state index contributed by atoms with van der Waals surface area (Å²) in [5, 5.41) is 0. The smallest absolute Gasteiger partial charge is 0.189 e. The van der Waals surface area contributed by atoms with Crippen molar-refractivity contribution < 1.29 is 4.79 Å². The van der Waals surface area contributed by atoms with Crippen molar-refractivity contribution in [2.24, 2.45) is 0 Å². The molecule has 0 saturated heterocycles. The van der Waals surface area contributed by atoms with E-state index in [-0.39, 0.29) is 5.78 Å². The van der Waals surface area contributed by atoms with Crippen LogP contribution in [-0.2, 0) is 13.0 Å². The van der Waals surface area contributed by atoms with Crippen molar-refractivity contribution >= 4 is 11.9 Å². The number of fused-ring (bicyclic) bond motifs is 1. The molecule has 1 aliphatic rings. The molecular formula is C21H23NO. The molecule has 0 amide bonds. The highest BCUT2D eigenvalue weighted by molar-refractivity contribution is 6.15. The first-order valence-electron chi connectivity index (χ1n) is 8.35. The zero-order valence-electron chi connectivity index (χ0n) is 13.9. The van der Waals surface area contributed by atoms with Crippen molar-refractivity contribution in [1.82, 2.24) is 4.90 Å². The molecule has 0 unspecified atom stereocenters. The SMILES string of the molecule is CCN(CC)Cc1ccc(C=C2Cc3ccccc3C2=O)cc1. The molecule has 0 aliphatic heterocycles. The lowest BCUT2D eigenvalue weighted by atomic mass is 10.1. The minimum atomic E-state index is 0.174. The van der Waals surface area contributed by atoms with Crippen LogP contribution in [0.1, 0.15) is 40.9 Å². The summed E-state index contributed by atoms with van der Waals surface area (Å²) in [5.74, 6) is 0.174. The number of rotatable bonds is 5. The van der Waals surface area contributed by atoms with E-state index in [4.69, 9.17) is 0 Å². The summed E-state index contributed by atoms with van der Waals surface area (Å²) >= 11 is 0. The van der Waals surface area contributed by atoms with Crippen molar-refractivity contribution in [2.75, 3.05) is 13.1 Å². The second-order valence-electron chi connectivity index (χ2n) is 6.04. The number of Topliss-reactive ketones (excluding diaryl/α,β-unsaturated/α-hetero) is 1. The molecular weight excluding hydrogens is 282 g/mol. The van der Waals surface area contributed by atoms with Crippen LogP contribution in [0.25, 0.3) is 6.08 Å². The van der Waals surface area contributed by atoms with E-state index in [9.17, 15) is 4.79 Å². The van der Waals surface area contributed by atoms with Crippen molar-refractivity contribution in [3.63, 3.8) is 0 Å². The summed E-state index contributed by atoms with van der Waals surface area (Å²) in [6, 6.07) is 16.4. The number of hydrogen-bond acceptors (Lipinski definition) is 2. The fourth-order valence-electron chi connectivity index (χ4n) is 3.10. The molecule has 2 aromatic rings. The molecule has 0 atom stereocenters. The maximum atomic E-state index is 12.4. The second kappa shape index (κ2) is 6.93. The van der Waals surface area contributed by atoms with Gasteiger partial charge in [-0.15, -0.1) is 0 Å². The molecule has 0 aromatic heterocycles. The lowest BCUT2D eigenvalue weighted by Gasteiger charge is -2.17. The van der Waals surface area contributed by atoms with Gasteiger partial charge in [0.05, 0.1) is 0 Å². The van der Waals surface area contributed by atoms with Crippen molar-refractivity contribution in [2.45, 2.75) is 26.8 Å². The van der Waals surface area contributed by atoms with Gasteiger partial charge in [-0.3, -0.25) is 9.69 Å². The average Bonchev–Trinajstić information content (AvgIpc) is 2.90. The predicted octanol–water partition coefficient (Wildman–Crippen LogP) is 4.35. The molecule has 23 heavy (non-hydrogen) atoms. The van der Waals surface area contributed by atoms with E-state index in [2.05, 4.69) is 43.0 Å². The molecule has 2 heteroatoms. The molecule has 1 aliphatic carbocycles. The number of benzene rings is 2. The Hall–Kier alpha value is -2.19. The minimum Gasteiger partial charge on any atom is -0.300 e. The van der Waals surface area contributed by atoms with Gasteiger partial charge in [-0.05, 0) is 35.9 Å². The number of nitrogens with zero attached hydrogens (tertiary/aromatic N) is 1. The molecule has 0 radical (unpaired) electrons. The minimum absolute atomic E-state index is 0.174. The summed E-state index contributed by atoms with van der Waals surface area (Å²) in [5.41, 5.74) is 5.31. The molecule has 0 fully saturated rings. The van der Waals surface area contributed by atoms with Crippen LogP contribution in [0.5, 0.6) is 0 Å².